The molecule has 7 heteroatoms. The van der Waals surface area contributed by atoms with E-state index in [2.05, 4.69) is 10.3 Å². The van der Waals surface area contributed by atoms with E-state index in [0.29, 0.717) is 13.0 Å². The molecular weight excluding hydrogens is 320 g/mol. The molecule has 1 fully saturated rings. The maximum Gasteiger partial charge on any atom is 0.317 e. The van der Waals surface area contributed by atoms with Crippen molar-refractivity contribution in [2.24, 2.45) is 0 Å². The zero-order valence-electron chi connectivity index (χ0n) is 12.5. The van der Waals surface area contributed by atoms with Crippen molar-refractivity contribution in [3.05, 3.63) is 52.0 Å². The predicted octanol–water partition coefficient (Wildman–Crippen LogP) is 3.34. The van der Waals surface area contributed by atoms with E-state index in [-0.39, 0.29) is 24.2 Å². The molecule has 0 bridgehead atoms. The molecule has 0 spiro atoms. The van der Waals surface area contributed by atoms with Gasteiger partial charge in [0.15, 0.2) is 0 Å². The third kappa shape index (κ3) is 4.04. The molecule has 0 atom stereocenters. The summed E-state index contributed by atoms with van der Waals surface area (Å²) in [6, 6.07) is 3.52. The van der Waals surface area contributed by atoms with E-state index in [9.17, 15) is 13.6 Å². The van der Waals surface area contributed by atoms with Crippen molar-refractivity contribution in [1.29, 1.82) is 0 Å². The molecule has 2 amide bonds. The van der Waals surface area contributed by atoms with E-state index in [1.807, 2.05) is 5.38 Å². The second-order valence-corrected chi connectivity index (χ2v) is 6.24. The van der Waals surface area contributed by atoms with E-state index < -0.39 is 11.6 Å². The van der Waals surface area contributed by atoms with Gasteiger partial charge < -0.3 is 10.2 Å². The highest BCUT2D eigenvalue weighted by Crippen LogP contribution is 2.29. The van der Waals surface area contributed by atoms with Crippen molar-refractivity contribution in [1.82, 2.24) is 15.2 Å². The van der Waals surface area contributed by atoms with Crippen LogP contribution in [0.3, 0.4) is 0 Å². The van der Waals surface area contributed by atoms with E-state index in [1.165, 1.54) is 34.4 Å². The zero-order valence-corrected chi connectivity index (χ0v) is 13.3. The average Bonchev–Trinajstić information content (AvgIpc) is 3.23. The van der Waals surface area contributed by atoms with Gasteiger partial charge in [-0.1, -0.05) is 6.07 Å². The summed E-state index contributed by atoms with van der Waals surface area (Å²) in [6.07, 6.45) is 2.38. The van der Waals surface area contributed by atoms with Crippen LogP contribution in [0.15, 0.2) is 29.1 Å². The Bertz CT molecular complexity index is 654. The molecule has 0 aliphatic heterocycles. The summed E-state index contributed by atoms with van der Waals surface area (Å²) < 4.78 is 27.6. The number of urea groups is 1. The Labute approximate surface area is 137 Å². The quantitative estimate of drug-likeness (QED) is 0.879. The number of nitrogens with zero attached hydrogens (tertiary/aromatic N) is 2. The number of carbonyl (C=O) groups excluding carboxylic acids is 1. The number of thiazole rings is 1. The van der Waals surface area contributed by atoms with Gasteiger partial charge in [-0.25, -0.2) is 18.6 Å². The third-order valence-corrected chi connectivity index (χ3v) is 4.41. The summed E-state index contributed by atoms with van der Waals surface area (Å²) in [6.45, 7) is 0.400. The Morgan fingerprint density at radius 1 is 1.35 bits per heavy atom. The number of aromatic nitrogens is 1. The number of amides is 2. The molecule has 0 radical (unpaired) electrons. The molecule has 0 unspecified atom stereocenters. The summed E-state index contributed by atoms with van der Waals surface area (Å²) in [5.41, 5.74) is 2.61. The Morgan fingerprint density at radius 2 is 2.09 bits per heavy atom. The first-order chi connectivity index (χ1) is 11.1. The lowest BCUT2D eigenvalue weighted by atomic mass is 10.2. The molecule has 122 valence electrons. The fourth-order valence-corrected chi connectivity index (χ4v) is 2.96. The highest BCUT2D eigenvalue weighted by atomic mass is 32.1. The zero-order chi connectivity index (χ0) is 16.2. The molecule has 1 heterocycles. The van der Waals surface area contributed by atoms with E-state index in [1.54, 1.807) is 5.51 Å². The van der Waals surface area contributed by atoms with Crippen LogP contribution in [0.2, 0.25) is 0 Å². The number of halogens is 2. The van der Waals surface area contributed by atoms with Crippen molar-refractivity contribution >= 4 is 17.4 Å². The Morgan fingerprint density at radius 3 is 2.70 bits per heavy atom. The lowest BCUT2D eigenvalue weighted by Gasteiger charge is -2.23. The van der Waals surface area contributed by atoms with Crippen LogP contribution >= 0.6 is 11.3 Å². The normalized spacial score (nSPS) is 13.8. The van der Waals surface area contributed by atoms with Gasteiger partial charge >= 0.3 is 6.03 Å². The largest absolute Gasteiger partial charge is 0.338 e. The topological polar surface area (TPSA) is 45.2 Å². The van der Waals surface area contributed by atoms with Gasteiger partial charge in [0, 0.05) is 30.0 Å². The van der Waals surface area contributed by atoms with Crippen LogP contribution in [0.1, 0.15) is 24.1 Å². The molecule has 4 nitrogen and oxygen atoms in total. The van der Waals surface area contributed by atoms with Crippen LogP contribution in [0.25, 0.3) is 0 Å². The van der Waals surface area contributed by atoms with Crippen molar-refractivity contribution in [2.45, 2.75) is 31.8 Å². The average molecular weight is 337 g/mol. The van der Waals surface area contributed by atoms with Gasteiger partial charge in [0.05, 0.1) is 17.7 Å². The first-order valence-electron chi connectivity index (χ1n) is 7.49. The van der Waals surface area contributed by atoms with E-state index in [0.717, 1.165) is 18.5 Å². The monoisotopic (exact) mass is 337 g/mol. The fraction of sp³-hybridized carbons (Fsp3) is 0.375. The highest BCUT2D eigenvalue weighted by molar-refractivity contribution is 7.07. The van der Waals surface area contributed by atoms with Gasteiger partial charge in [-0.3, -0.25) is 0 Å². The minimum absolute atomic E-state index is 0.0499. The maximum absolute atomic E-state index is 13.8. The van der Waals surface area contributed by atoms with Gasteiger partial charge in [-0.15, -0.1) is 11.3 Å². The molecule has 23 heavy (non-hydrogen) atoms. The summed E-state index contributed by atoms with van der Waals surface area (Å²) in [7, 11) is 0. The summed E-state index contributed by atoms with van der Waals surface area (Å²) in [5.74, 6) is -1.24. The van der Waals surface area contributed by atoms with Crippen LogP contribution in [-0.4, -0.2) is 28.5 Å². The first-order valence-corrected chi connectivity index (χ1v) is 8.44. The minimum atomic E-state index is -0.620. The smallest absolute Gasteiger partial charge is 0.317 e. The third-order valence-electron chi connectivity index (χ3n) is 3.78. The van der Waals surface area contributed by atoms with Crippen molar-refractivity contribution < 1.29 is 13.6 Å². The maximum atomic E-state index is 13.8. The van der Waals surface area contributed by atoms with Gasteiger partial charge in [0.2, 0.25) is 0 Å². The molecule has 1 aliphatic carbocycles. The number of hydrogen-bond acceptors (Lipinski definition) is 3. The first kappa shape index (κ1) is 15.9. The minimum Gasteiger partial charge on any atom is -0.338 e. The fourth-order valence-electron chi connectivity index (χ4n) is 2.37. The molecule has 1 N–H and O–H groups in total. The molecule has 1 saturated carbocycles. The Hall–Kier alpha value is -2.02. The lowest BCUT2D eigenvalue weighted by molar-refractivity contribution is 0.190. The van der Waals surface area contributed by atoms with E-state index in [4.69, 9.17) is 0 Å². The molecule has 3 rings (SSSR count). The predicted molar refractivity (Wildman–Crippen MR) is 84.1 cm³/mol. The molecule has 1 aromatic heterocycles. The van der Waals surface area contributed by atoms with E-state index >= 15 is 0 Å². The number of carbonyl (C=O) groups is 1. The number of nitrogens with one attached hydrogen (secondary N) is 1. The van der Waals surface area contributed by atoms with Crippen LogP contribution < -0.4 is 5.32 Å². The molecule has 0 saturated heterocycles. The second-order valence-electron chi connectivity index (χ2n) is 5.52. The standard InChI is InChI=1S/C16H17F2N3OS/c17-14-2-1-3-15(18)13(14)8-21(12-4-5-12)16(22)19-7-6-11-9-23-10-20-11/h1-3,9-10,12H,4-8H2,(H,19,22). The van der Waals surface area contributed by atoms with Crippen LogP contribution in [0, 0.1) is 11.6 Å². The SMILES string of the molecule is O=C(NCCc1cscn1)N(Cc1c(F)cccc1F)C1CC1. The number of rotatable bonds is 6. The van der Waals surface area contributed by atoms with Crippen LogP contribution in [0.5, 0.6) is 0 Å². The molecule has 1 aliphatic rings. The Balaban J connectivity index is 1.61. The van der Waals surface area contributed by atoms with Crippen LogP contribution in [-0.2, 0) is 13.0 Å². The summed E-state index contributed by atoms with van der Waals surface area (Å²) in [4.78, 5) is 18.0. The Kier molecular flexibility index (Phi) is 4.85. The lowest BCUT2D eigenvalue weighted by Crippen LogP contribution is -2.42. The molecule has 1 aromatic carbocycles. The van der Waals surface area contributed by atoms with Crippen molar-refractivity contribution in [2.75, 3.05) is 6.54 Å². The van der Waals surface area contributed by atoms with Gasteiger partial charge in [-0.2, -0.15) is 0 Å². The number of benzene rings is 1. The summed E-state index contributed by atoms with van der Waals surface area (Å²) in [5, 5.41) is 4.74. The van der Waals surface area contributed by atoms with Crippen LogP contribution in [0.4, 0.5) is 13.6 Å². The number of hydrogen-bond donors (Lipinski definition) is 1. The summed E-state index contributed by atoms with van der Waals surface area (Å²) >= 11 is 1.51. The highest BCUT2D eigenvalue weighted by Gasteiger charge is 2.33. The van der Waals surface area contributed by atoms with Crippen molar-refractivity contribution in [3.63, 3.8) is 0 Å². The van der Waals surface area contributed by atoms with Gasteiger partial charge in [0.25, 0.3) is 0 Å². The second kappa shape index (κ2) is 7.04. The van der Waals surface area contributed by atoms with Crippen molar-refractivity contribution in [3.8, 4) is 0 Å². The molecule has 2 aromatic rings. The van der Waals surface area contributed by atoms with Gasteiger partial charge in [0.1, 0.15) is 11.6 Å². The molecular formula is C16H17F2N3OS. The van der Waals surface area contributed by atoms with Gasteiger partial charge in [-0.05, 0) is 25.0 Å².